The van der Waals surface area contributed by atoms with Crippen LogP contribution in [-0.4, -0.2) is 47.9 Å². The minimum atomic E-state index is -0.479. The van der Waals surface area contributed by atoms with E-state index in [9.17, 15) is 4.79 Å². The smallest absolute Gasteiger partial charge is 0.410 e. The minimum Gasteiger partial charge on any atom is -0.444 e. The number of piperazine rings is 1. The van der Waals surface area contributed by atoms with Crippen LogP contribution < -0.4 is 4.90 Å². The maximum Gasteiger partial charge on any atom is 0.410 e. The zero-order valence-corrected chi connectivity index (χ0v) is 20.6. The molecule has 0 bridgehead atoms. The van der Waals surface area contributed by atoms with Gasteiger partial charge in [-0.15, -0.1) is 0 Å². The number of rotatable bonds is 2. The molecule has 6 nitrogen and oxygen atoms in total. The Balaban J connectivity index is 1.48. The van der Waals surface area contributed by atoms with Crippen LogP contribution in [0.1, 0.15) is 72.4 Å². The number of aromatic nitrogens is 1. The van der Waals surface area contributed by atoms with Gasteiger partial charge >= 0.3 is 6.09 Å². The Labute approximate surface area is 191 Å². The fourth-order valence-corrected chi connectivity index (χ4v) is 4.73. The van der Waals surface area contributed by atoms with E-state index < -0.39 is 5.60 Å². The van der Waals surface area contributed by atoms with Gasteiger partial charge in [-0.25, -0.2) is 4.79 Å². The number of hydrogen-bond acceptors (Lipinski definition) is 5. The van der Waals surface area contributed by atoms with E-state index in [1.165, 1.54) is 24.0 Å². The van der Waals surface area contributed by atoms with Crippen LogP contribution in [0.25, 0.3) is 11.3 Å². The van der Waals surface area contributed by atoms with E-state index in [0.717, 1.165) is 17.1 Å². The van der Waals surface area contributed by atoms with Crippen LogP contribution in [0.3, 0.4) is 0 Å². The lowest BCUT2D eigenvalue weighted by Crippen LogP contribution is -2.50. The molecule has 1 aromatic heterocycles. The number of nitrogens with zero attached hydrogens (tertiary/aromatic N) is 3. The van der Waals surface area contributed by atoms with E-state index in [1.54, 1.807) is 4.90 Å². The maximum atomic E-state index is 12.3. The maximum absolute atomic E-state index is 12.3. The van der Waals surface area contributed by atoms with Crippen molar-refractivity contribution in [3.8, 4) is 11.3 Å². The zero-order chi connectivity index (χ0) is 23.3. The Morgan fingerprint density at radius 3 is 2.22 bits per heavy atom. The summed E-state index contributed by atoms with van der Waals surface area (Å²) in [6.45, 7) is 17.6. The first-order valence-corrected chi connectivity index (χ1v) is 11.7. The lowest BCUT2D eigenvalue weighted by atomic mass is 9.63. The summed E-state index contributed by atoms with van der Waals surface area (Å²) < 4.78 is 11.2. The molecule has 0 atom stereocenters. The zero-order valence-electron chi connectivity index (χ0n) is 20.6. The minimum absolute atomic E-state index is 0.158. The van der Waals surface area contributed by atoms with Gasteiger partial charge < -0.3 is 19.1 Å². The van der Waals surface area contributed by atoms with Gasteiger partial charge in [0.15, 0.2) is 0 Å². The highest BCUT2D eigenvalue weighted by Gasteiger charge is 2.37. The average molecular weight is 440 g/mol. The van der Waals surface area contributed by atoms with Gasteiger partial charge in [0.2, 0.25) is 5.88 Å². The molecule has 0 unspecified atom stereocenters. The Kier molecular flexibility index (Phi) is 5.54. The first-order chi connectivity index (χ1) is 14.9. The molecule has 0 N–H and O–H groups in total. The van der Waals surface area contributed by atoms with E-state index >= 15 is 0 Å². The summed E-state index contributed by atoms with van der Waals surface area (Å²) >= 11 is 0. The molecule has 2 aromatic rings. The van der Waals surface area contributed by atoms with Gasteiger partial charge in [0.1, 0.15) is 11.3 Å². The van der Waals surface area contributed by atoms with Gasteiger partial charge in [-0.3, -0.25) is 0 Å². The van der Waals surface area contributed by atoms with Crippen molar-refractivity contribution in [3.05, 3.63) is 35.4 Å². The molecule has 174 valence electrons. The lowest BCUT2D eigenvalue weighted by Gasteiger charge is -2.42. The number of ether oxygens (including phenoxy) is 1. The molecule has 1 amide bonds. The van der Waals surface area contributed by atoms with E-state index in [4.69, 9.17) is 9.26 Å². The third kappa shape index (κ3) is 4.50. The summed E-state index contributed by atoms with van der Waals surface area (Å²) in [5.74, 6) is 0.751. The monoisotopic (exact) mass is 439 g/mol. The van der Waals surface area contributed by atoms with Crippen LogP contribution in [0.4, 0.5) is 10.7 Å². The van der Waals surface area contributed by atoms with Crippen molar-refractivity contribution in [2.75, 3.05) is 31.1 Å². The summed E-state index contributed by atoms with van der Waals surface area (Å²) in [7, 11) is 0. The molecule has 0 radical (unpaired) electrons. The van der Waals surface area contributed by atoms with Crippen LogP contribution >= 0.6 is 0 Å². The summed E-state index contributed by atoms with van der Waals surface area (Å²) in [5, 5.41) is 4.38. The molecule has 1 fully saturated rings. The quantitative estimate of drug-likeness (QED) is 0.596. The fraction of sp³-hybridized carbons (Fsp3) is 0.615. The Bertz CT molecular complexity index is 992. The molecule has 0 spiro atoms. The first kappa shape index (κ1) is 22.7. The second-order valence-corrected chi connectivity index (χ2v) is 11.5. The van der Waals surface area contributed by atoms with Crippen molar-refractivity contribution < 1.29 is 14.1 Å². The van der Waals surface area contributed by atoms with Crippen molar-refractivity contribution in [2.45, 2.75) is 77.7 Å². The number of fused-ring (bicyclic) bond motifs is 1. The highest BCUT2D eigenvalue weighted by molar-refractivity contribution is 5.69. The van der Waals surface area contributed by atoms with Gasteiger partial charge in [0.05, 0.1) is 0 Å². The fourth-order valence-electron chi connectivity index (χ4n) is 4.73. The topological polar surface area (TPSA) is 58.8 Å². The predicted molar refractivity (Wildman–Crippen MR) is 127 cm³/mol. The second kappa shape index (κ2) is 7.82. The standard InChI is InChI=1S/C26H37N3O3/c1-24(2,3)31-23(30)29-14-12-28(13-15-29)22-17-21(27-32-22)18-8-9-19-20(16-18)26(6,7)11-10-25(19,4)5/h8-9,16-17H,10-15H2,1-7H3. The van der Waals surface area contributed by atoms with Crippen molar-refractivity contribution in [1.82, 2.24) is 10.1 Å². The second-order valence-electron chi connectivity index (χ2n) is 11.5. The van der Waals surface area contributed by atoms with E-state index in [1.807, 2.05) is 26.8 Å². The van der Waals surface area contributed by atoms with Crippen LogP contribution in [0.5, 0.6) is 0 Å². The van der Waals surface area contributed by atoms with Crippen LogP contribution in [0, 0.1) is 0 Å². The molecule has 32 heavy (non-hydrogen) atoms. The molecule has 2 aliphatic rings. The average Bonchev–Trinajstić information content (AvgIpc) is 3.20. The van der Waals surface area contributed by atoms with Crippen LogP contribution in [0.2, 0.25) is 0 Å². The molecular formula is C26H37N3O3. The molecular weight excluding hydrogens is 402 g/mol. The van der Waals surface area contributed by atoms with Gasteiger partial charge in [-0.05, 0) is 61.6 Å². The van der Waals surface area contributed by atoms with Crippen LogP contribution in [-0.2, 0) is 15.6 Å². The highest BCUT2D eigenvalue weighted by Crippen LogP contribution is 2.46. The third-order valence-electron chi connectivity index (χ3n) is 6.89. The van der Waals surface area contributed by atoms with Gasteiger partial charge in [0, 0.05) is 37.8 Å². The number of benzene rings is 1. The number of carbonyl (C=O) groups excluding carboxylic acids is 1. The summed E-state index contributed by atoms with van der Waals surface area (Å²) in [4.78, 5) is 16.2. The van der Waals surface area contributed by atoms with Crippen molar-refractivity contribution >= 4 is 12.0 Å². The number of hydrogen-bond donors (Lipinski definition) is 0. The SMILES string of the molecule is CC(C)(C)OC(=O)N1CCN(c2cc(-c3ccc4c(c3)C(C)(C)CCC4(C)C)no2)CC1. The molecule has 1 aromatic carbocycles. The Hall–Kier alpha value is -2.50. The summed E-state index contributed by atoms with van der Waals surface area (Å²) in [6.07, 6.45) is 2.13. The largest absolute Gasteiger partial charge is 0.444 e. The van der Waals surface area contributed by atoms with Gasteiger partial charge in [-0.2, -0.15) is 0 Å². The predicted octanol–water partition coefficient (Wildman–Crippen LogP) is 5.75. The molecule has 1 saturated heterocycles. The van der Waals surface area contributed by atoms with Crippen LogP contribution in [0.15, 0.2) is 28.8 Å². The van der Waals surface area contributed by atoms with Gasteiger partial charge in [0.25, 0.3) is 0 Å². The van der Waals surface area contributed by atoms with E-state index in [0.29, 0.717) is 26.2 Å². The number of anilines is 1. The Morgan fingerprint density at radius 2 is 1.59 bits per heavy atom. The summed E-state index contributed by atoms with van der Waals surface area (Å²) in [6, 6.07) is 8.77. The Morgan fingerprint density at radius 1 is 0.969 bits per heavy atom. The van der Waals surface area contributed by atoms with Crippen molar-refractivity contribution in [1.29, 1.82) is 0 Å². The van der Waals surface area contributed by atoms with Crippen molar-refractivity contribution in [3.63, 3.8) is 0 Å². The lowest BCUT2D eigenvalue weighted by molar-refractivity contribution is 0.0239. The van der Waals surface area contributed by atoms with E-state index in [-0.39, 0.29) is 16.9 Å². The molecule has 1 aliphatic carbocycles. The number of carbonyl (C=O) groups is 1. The first-order valence-electron chi connectivity index (χ1n) is 11.7. The van der Waals surface area contributed by atoms with Crippen molar-refractivity contribution in [2.24, 2.45) is 0 Å². The normalized spacial score (nSPS) is 20.1. The van der Waals surface area contributed by atoms with Gasteiger partial charge in [-0.1, -0.05) is 45.0 Å². The number of amides is 1. The summed E-state index contributed by atoms with van der Waals surface area (Å²) in [5.41, 5.74) is 4.69. The molecule has 0 saturated carbocycles. The highest BCUT2D eigenvalue weighted by atomic mass is 16.6. The molecule has 1 aliphatic heterocycles. The molecule has 2 heterocycles. The third-order valence-corrected chi connectivity index (χ3v) is 6.89. The molecule has 4 rings (SSSR count). The molecule has 6 heteroatoms. The van der Waals surface area contributed by atoms with E-state index in [2.05, 4.69) is 56.0 Å².